The predicted octanol–water partition coefficient (Wildman–Crippen LogP) is -0.00600. The van der Waals surface area contributed by atoms with Crippen molar-refractivity contribution in [2.24, 2.45) is 5.41 Å². The van der Waals surface area contributed by atoms with Gasteiger partial charge in [-0.15, -0.1) is 0 Å². The van der Waals surface area contributed by atoms with Gasteiger partial charge in [-0.05, 0) is 25.7 Å². The van der Waals surface area contributed by atoms with Gasteiger partial charge in [0.2, 0.25) is 0 Å². The molecule has 0 bridgehead atoms. The van der Waals surface area contributed by atoms with Gasteiger partial charge in [0.15, 0.2) is 0 Å². The first-order chi connectivity index (χ1) is 12.3. The van der Waals surface area contributed by atoms with Crippen LogP contribution in [-0.2, 0) is 0 Å². The average molecular weight is 347 g/mol. The molecule has 0 aromatic rings. The van der Waals surface area contributed by atoms with Crippen LogP contribution in [0.1, 0.15) is 25.7 Å². The van der Waals surface area contributed by atoms with Crippen molar-refractivity contribution in [2.75, 3.05) is 78.5 Å². The van der Waals surface area contributed by atoms with Crippen molar-refractivity contribution in [3.8, 4) is 0 Å². The van der Waals surface area contributed by atoms with E-state index in [4.69, 9.17) is 0 Å². The van der Waals surface area contributed by atoms with E-state index in [9.17, 15) is 0 Å². The second kappa shape index (κ2) is 5.88. The van der Waals surface area contributed by atoms with Crippen molar-refractivity contribution in [3.05, 3.63) is 0 Å². The molecule has 0 unspecified atom stereocenters. The van der Waals surface area contributed by atoms with Crippen molar-refractivity contribution >= 4 is 0 Å². The normalized spacial score (nSPS) is 44.6. The van der Waals surface area contributed by atoms with Crippen LogP contribution in [0.3, 0.4) is 0 Å². The molecule has 6 aliphatic heterocycles. The molecule has 1 spiro atoms. The Hall–Kier alpha value is -0.240. The highest BCUT2D eigenvalue weighted by atomic mass is 15.6. The third-order valence-corrected chi connectivity index (χ3v) is 7.68. The molecule has 0 N–H and O–H groups in total. The molecule has 0 amide bonds. The van der Waals surface area contributed by atoms with Crippen LogP contribution < -0.4 is 0 Å². The Labute approximate surface area is 152 Å². The zero-order chi connectivity index (χ0) is 16.4. The maximum atomic E-state index is 2.85. The van der Waals surface area contributed by atoms with E-state index >= 15 is 0 Å². The van der Waals surface area contributed by atoms with Crippen molar-refractivity contribution in [3.63, 3.8) is 0 Å². The third-order valence-electron chi connectivity index (χ3n) is 7.68. The first-order valence-corrected chi connectivity index (χ1v) is 10.8. The topological polar surface area (TPSA) is 19.4 Å². The molecule has 0 radical (unpaired) electrons. The molecule has 140 valence electrons. The molecule has 6 heteroatoms. The number of hydrogen-bond donors (Lipinski definition) is 0. The summed E-state index contributed by atoms with van der Waals surface area (Å²) in [5, 5.41) is 0. The fraction of sp³-hybridized carbons (Fsp3) is 1.00. The van der Waals surface area contributed by atoms with Crippen LogP contribution in [0, 0.1) is 5.41 Å². The lowest BCUT2D eigenvalue weighted by Crippen LogP contribution is -2.78. The Morgan fingerprint density at radius 1 is 0.400 bits per heavy atom. The smallest absolute Gasteiger partial charge is 0.119 e. The van der Waals surface area contributed by atoms with E-state index in [1.54, 1.807) is 0 Å². The van der Waals surface area contributed by atoms with E-state index in [0.29, 0.717) is 18.0 Å². The van der Waals surface area contributed by atoms with E-state index in [1.165, 1.54) is 104 Å². The van der Waals surface area contributed by atoms with Gasteiger partial charge >= 0.3 is 0 Å². The summed E-state index contributed by atoms with van der Waals surface area (Å²) in [6.45, 7) is 15.8. The monoisotopic (exact) mass is 346 g/mol. The Morgan fingerprint density at radius 3 is 1.00 bits per heavy atom. The number of rotatable bonds is 0. The van der Waals surface area contributed by atoms with Gasteiger partial charge in [0, 0.05) is 84.0 Å². The first kappa shape index (κ1) is 15.8. The molecular weight excluding hydrogens is 312 g/mol. The van der Waals surface area contributed by atoms with Crippen molar-refractivity contribution < 1.29 is 0 Å². The van der Waals surface area contributed by atoms with Gasteiger partial charge in [-0.2, -0.15) is 0 Å². The molecule has 6 nitrogen and oxygen atoms in total. The van der Waals surface area contributed by atoms with Gasteiger partial charge in [0.05, 0.1) is 0 Å². The molecule has 0 atom stereocenters. The van der Waals surface area contributed by atoms with E-state index in [-0.39, 0.29) is 0 Å². The third kappa shape index (κ3) is 2.45. The van der Waals surface area contributed by atoms with Crippen LogP contribution in [-0.4, -0.2) is 121 Å². The average Bonchev–Trinajstić information content (AvgIpc) is 2.62. The van der Waals surface area contributed by atoms with E-state index in [2.05, 4.69) is 29.4 Å². The maximum Gasteiger partial charge on any atom is 0.119 e. The zero-order valence-corrected chi connectivity index (χ0v) is 15.7. The fourth-order valence-corrected chi connectivity index (χ4v) is 7.11. The molecular formula is C19H34N6. The second-order valence-corrected chi connectivity index (χ2v) is 9.56. The molecule has 0 aliphatic carbocycles. The highest BCUT2D eigenvalue weighted by Crippen LogP contribution is 2.40. The second-order valence-electron chi connectivity index (χ2n) is 9.56. The molecule has 6 heterocycles. The number of hydrogen-bond acceptors (Lipinski definition) is 6. The summed E-state index contributed by atoms with van der Waals surface area (Å²) < 4.78 is 0. The van der Waals surface area contributed by atoms with Gasteiger partial charge in [0.1, 0.15) is 12.6 Å². The Kier molecular flexibility index (Phi) is 3.71. The predicted molar refractivity (Wildman–Crippen MR) is 97.9 cm³/mol. The highest BCUT2D eigenvalue weighted by molar-refractivity contribution is 5.04. The lowest BCUT2D eigenvalue weighted by molar-refractivity contribution is -0.227. The summed E-state index contributed by atoms with van der Waals surface area (Å²) in [4.78, 5) is 16.9. The van der Waals surface area contributed by atoms with Crippen molar-refractivity contribution in [2.45, 2.75) is 38.3 Å². The van der Waals surface area contributed by atoms with Crippen LogP contribution in [0.15, 0.2) is 0 Å². The lowest BCUT2D eigenvalue weighted by atomic mass is 9.80. The molecule has 0 saturated carbocycles. The molecule has 6 fully saturated rings. The molecule has 6 rings (SSSR count). The van der Waals surface area contributed by atoms with Gasteiger partial charge in [0.25, 0.3) is 0 Å². The molecule has 25 heavy (non-hydrogen) atoms. The van der Waals surface area contributed by atoms with Gasteiger partial charge in [-0.1, -0.05) is 0 Å². The first-order valence-electron chi connectivity index (χ1n) is 10.8. The van der Waals surface area contributed by atoms with Gasteiger partial charge in [-0.3, -0.25) is 29.4 Å². The summed E-state index contributed by atoms with van der Waals surface area (Å²) in [6, 6.07) is 0. The summed E-state index contributed by atoms with van der Waals surface area (Å²) >= 11 is 0. The Bertz CT molecular complexity index is 437. The minimum Gasteiger partial charge on any atom is -0.275 e. The van der Waals surface area contributed by atoms with E-state index in [1.807, 2.05) is 0 Å². The zero-order valence-electron chi connectivity index (χ0n) is 15.7. The maximum absolute atomic E-state index is 2.85. The fourth-order valence-electron chi connectivity index (χ4n) is 7.11. The molecule has 0 aromatic heterocycles. The van der Waals surface area contributed by atoms with Crippen LogP contribution >= 0.6 is 0 Å². The van der Waals surface area contributed by atoms with Crippen LogP contribution in [0.4, 0.5) is 0 Å². The molecule has 0 aromatic carbocycles. The molecule has 6 aliphatic rings. The van der Waals surface area contributed by atoms with Crippen molar-refractivity contribution in [1.82, 2.24) is 29.4 Å². The van der Waals surface area contributed by atoms with E-state index < -0.39 is 0 Å². The minimum absolute atomic E-state index is 0.466. The summed E-state index contributed by atoms with van der Waals surface area (Å²) in [6.07, 6.45) is 6.72. The Morgan fingerprint density at radius 2 is 0.680 bits per heavy atom. The van der Waals surface area contributed by atoms with Crippen LogP contribution in [0.5, 0.6) is 0 Å². The largest absolute Gasteiger partial charge is 0.275 e. The molecule has 6 saturated heterocycles. The summed E-state index contributed by atoms with van der Waals surface area (Å²) in [7, 11) is 0. The number of nitrogens with zero attached hydrogens (tertiary/aromatic N) is 6. The highest BCUT2D eigenvalue weighted by Gasteiger charge is 2.54. The lowest BCUT2D eigenvalue weighted by Gasteiger charge is -2.65. The standard InChI is InChI=1S/C19H34N6/c1-5-20-6-2-10-23-14-19(13-22(9-1)17(20)23)15-24-11-3-7-21-8-4-12-25(16-19)18(21)24/h17-18H,1-16H2. The quantitative estimate of drug-likeness (QED) is 0.610. The SMILES string of the molecule is C1CN2CCCN3CC4(CN(C1)C23)CN1CCCN2CCCN(C4)C21. The van der Waals surface area contributed by atoms with Crippen LogP contribution in [0.2, 0.25) is 0 Å². The summed E-state index contributed by atoms with van der Waals surface area (Å²) in [5.74, 6) is 0. The minimum atomic E-state index is 0.466. The van der Waals surface area contributed by atoms with Crippen LogP contribution in [0.25, 0.3) is 0 Å². The van der Waals surface area contributed by atoms with Gasteiger partial charge in [-0.25, -0.2) is 0 Å². The summed E-state index contributed by atoms with van der Waals surface area (Å²) in [5.41, 5.74) is 0.466. The van der Waals surface area contributed by atoms with Gasteiger partial charge < -0.3 is 0 Å². The van der Waals surface area contributed by atoms with Crippen molar-refractivity contribution in [1.29, 1.82) is 0 Å². The Balaban J connectivity index is 1.29. The van der Waals surface area contributed by atoms with E-state index in [0.717, 1.165) is 0 Å².